The van der Waals surface area contributed by atoms with E-state index in [0.29, 0.717) is 22.8 Å². The maximum absolute atomic E-state index is 12.3. The number of aryl methyl sites for hydroxylation is 1. The second-order valence-corrected chi connectivity index (χ2v) is 4.97. The predicted octanol–water partition coefficient (Wildman–Crippen LogP) is 2.78. The Bertz CT molecular complexity index is 731. The van der Waals surface area contributed by atoms with Crippen LogP contribution in [0, 0.1) is 6.92 Å². The first-order chi connectivity index (χ1) is 11.6. The van der Waals surface area contributed by atoms with Crippen LogP contribution in [0.25, 0.3) is 0 Å². The largest absolute Gasteiger partial charge is 0.493 e. The second kappa shape index (κ2) is 8.01. The molecule has 0 atom stereocenters. The first-order valence-corrected chi connectivity index (χ1v) is 7.29. The third-order valence-corrected chi connectivity index (χ3v) is 3.49. The Labute approximate surface area is 141 Å². The van der Waals surface area contributed by atoms with Crippen LogP contribution in [0.1, 0.15) is 21.5 Å². The van der Waals surface area contributed by atoms with Crippen LogP contribution in [0.15, 0.2) is 41.5 Å². The molecule has 0 heterocycles. The van der Waals surface area contributed by atoms with Gasteiger partial charge in [0.2, 0.25) is 5.75 Å². The first kappa shape index (κ1) is 17.3. The summed E-state index contributed by atoms with van der Waals surface area (Å²) in [6.07, 6.45) is 1.60. The van der Waals surface area contributed by atoms with Gasteiger partial charge in [-0.2, -0.15) is 5.10 Å². The Kier molecular flexibility index (Phi) is 5.78. The Morgan fingerprint density at radius 2 is 1.67 bits per heavy atom. The first-order valence-electron chi connectivity index (χ1n) is 7.29. The van der Waals surface area contributed by atoms with Crippen LogP contribution in [-0.4, -0.2) is 33.5 Å². The molecule has 2 rings (SSSR count). The third kappa shape index (κ3) is 3.84. The molecule has 0 fully saturated rings. The van der Waals surface area contributed by atoms with E-state index in [1.165, 1.54) is 21.3 Å². The van der Waals surface area contributed by atoms with E-state index in [1.807, 2.05) is 31.2 Å². The fourth-order valence-electron chi connectivity index (χ4n) is 2.17. The lowest BCUT2D eigenvalue weighted by atomic mass is 10.1. The summed E-state index contributed by atoms with van der Waals surface area (Å²) in [7, 11) is 4.50. The molecule has 0 aliphatic heterocycles. The molecule has 0 aliphatic rings. The minimum absolute atomic E-state index is 0.353. The highest BCUT2D eigenvalue weighted by Crippen LogP contribution is 2.38. The average Bonchev–Trinajstić information content (AvgIpc) is 2.61. The van der Waals surface area contributed by atoms with E-state index in [2.05, 4.69) is 10.5 Å². The fourth-order valence-corrected chi connectivity index (χ4v) is 2.17. The molecule has 0 bridgehead atoms. The van der Waals surface area contributed by atoms with E-state index < -0.39 is 0 Å². The highest BCUT2D eigenvalue weighted by atomic mass is 16.5. The summed E-state index contributed by atoms with van der Waals surface area (Å²) in [5, 5.41) is 3.99. The maximum Gasteiger partial charge on any atom is 0.271 e. The molecule has 2 aromatic rings. The van der Waals surface area contributed by atoms with Crippen molar-refractivity contribution in [2.75, 3.05) is 21.3 Å². The molecule has 0 saturated heterocycles. The van der Waals surface area contributed by atoms with E-state index in [-0.39, 0.29) is 5.91 Å². The fraction of sp³-hybridized carbons (Fsp3) is 0.222. The number of methoxy groups -OCH3 is 3. The highest BCUT2D eigenvalue weighted by Gasteiger charge is 2.16. The van der Waals surface area contributed by atoms with Crippen molar-refractivity contribution >= 4 is 12.1 Å². The zero-order valence-corrected chi connectivity index (χ0v) is 14.1. The molecule has 126 valence electrons. The quantitative estimate of drug-likeness (QED) is 0.654. The maximum atomic E-state index is 12.3. The zero-order chi connectivity index (χ0) is 17.5. The van der Waals surface area contributed by atoms with E-state index in [0.717, 1.165) is 11.1 Å². The Hall–Kier alpha value is -3.02. The molecule has 1 amide bonds. The van der Waals surface area contributed by atoms with Crippen LogP contribution in [0.4, 0.5) is 0 Å². The summed E-state index contributed by atoms with van der Waals surface area (Å²) in [6.45, 7) is 1.97. The molecule has 1 N–H and O–H groups in total. The van der Waals surface area contributed by atoms with Crippen molar-refractivity contribution in [1.82, 2.24) is 5.43 Å². The molecule has 0 aliphatic carbocycles. The SMILES string of the molecule is COc1cc(C(=O)NN=Cc2ccccc2C)cc(OC)c1OC. The van der Waals surface area contributed by atoms with Gasteiger partial charge in [-0.25, -0.2) is 5.43 Å². The van der Waals surface area contributed by atoms with Crippen molar-refractivity contribution in [3.8, 4) is 17.2 Å². The van der Waals surface area contributed by atoms with E-state index in [9.17, 15) is 4.79 Å². The smallest absolute Gasteiger partial charge is 0.271 e. The van der Waals surface area contributed by atoms with Crippen LogP contribution in [0.2, 0.25) is 0 Å². The molecule has 2 aromatic carbocycles. The van der Waals surface area contributed by atoms with Crippen molar-refractivity contribution in [3.05, 3.63) is 53.1 Å². The Morgan fingerprint density at radius 3 is 2.21 bits per heavy atom. The lowest BCUT2D eigenvalue weighted by molar-refractivity contribution is 0.0954. The van der Waals surface area contributed by atoms with Crippen LogP contribution in [-0.2, 0) is 0 Å². The van der Waals surface area contributed by atoms with E-state index in [4.69, 9.17) is 14.2 Å². The number of benzene rings is 2. The number of rotatable bonds is 6. The van der Waals surface area contributed by atoms with E-state index in [1.54, 1.807) is 18.3 Å². The molecule has 6 heteroatoms. The number of ether oxygens (including phenoxy) is 3. The lowest BCUT2D eigenvalue weighted by Crippen LogP contribution is -2.18. The van der Waals surface area contributed by atoms with E-state index >= 15 is 0 Å². The minimum Gasteiger partial charge on any atom is -0.493 e. The average molecular weight is 328 g/mol. The number of hydrogen-bond donors (Lipinski definition) is 1. The highest BCUT2D eigenvalue weighted by molar-refractivity contribution is 5.96. The number of hydrogen-bond acceptors (Lipinski definition) is 5. The second-order valence-electron chi connectivity index (χ2n) is 4.97. The summed E-state index contributed by atoms with van der Waals surface area (Å²) in [5.74, 6) is 0.869. The van der Waals surface area contributed by atoms with Crippen LogP contribution in [0.5, 0.6) is 17.2 Å². The third-order valence-electron chi connectivity index (χ3n) is 3.49. The van der Waals surface area contributed by atoms with Crippen LogP contribution in [0.3, 0.4) is 0 Å². The number of carbonyl (C=O) groups excluding carboxylic acids is 1. The van der Waals surface area contributed by atoms with Gasteiger partial charge >= 0.3 is 0 Å². The normalized spacial score (nSPS) is 10.5. The molecule has 0 radical (unpaired) electrons. The number of amides is 1. The summed E-state index contributed by atoms with van der Waals surface area (Å²) in [5.41, 5.74) is 4.85. The lowest BCUT2D eigenvalue weighted by Gasteiger charge is -2.13. The predicted molar refractivity (Wildman–Crippen MR) is 92.3 cm³/mol. The molecule has 24 heavy (non-hydrogen) atoms. The standard InChI is InChI=1S/C18H20N2O4/c1-12-7-5-6-8-13(12)11-19-20-18(21)14-9-15(22-2)17(24-4)16(10-14)23-3/h5-11H,1-4H3,(H,20,21). The zero-order valence-electron chi connectivity index (χ0n) is 14.1. The van der Waals surface area contributed by atoms with Gasteiger partial charge in [-0.05, 0) is 30.2 Å². The van der Waals surface area contributed by atoms with Gasteiger partial charge in [0.1, 0.15) is 0 Å². The molecule has 0 aromatic heterocycles. The van der Waals surface area contributed by atoms with Gasteiger partial charge in [-0.15, -0.1) is 0 Å². The Balaban J connectivity index is 2.19. The summed E-state index contributed by atoms with van der Waals surface area (Å²) >= 11 is 0. The summed E-state index contributed by atoms with van der Waals surface area (Å²) in [6, 6.07) is 10.9. The minimum atomic E-state index is -0.376. The van der Waals surface area contributed by atoms with Crippen LogP contribution < -0.4 is 19.6 Å². The van der Waals surface area contributed by atoms with Gasteiger partial charge in [0.25, 0.3) is 5.91 Å². The molecule has 0 unspecified atom stereocenters. The van der Waals surface area contributed by atoms with Gasteiger partial charge < -0.3 is 14.2 Å². The molecule has 0 spiro atoms. The van der Waals surface area contributed by atoms with Gasteiger partial charge in [0.05, 0.1) is 27.5 Å². The summed E-state index contributed by atoms with van der Waals surface area (Å²) in [4.78, 5) is 12.3. The topological polar surface area (TPSA) is 69.2 Å². The molecular formula is C18H20N2O4. The van der Waals surface area contributed by atoms with Crippen molar-refractivity contribution < 1.29 is 19.0 Å². The van der Waals surface area contributed by atoms with Gasteiger partial charge in [0, 0.05) is 5.56 Å². The van der Waals surface area contributed by atoms with Gasteiger partial charge in [-0.3, -0.25) is 4.79 Å². The molecule has 6 nitrogen and oxygen atoms in total. The molecular weight excluding hydrogens is 308 g/mol. The molecule has 0 saturated carbocycles. The van der Waals surface area contributed by atoms with Crippen molar-refractivity contribution in [3.63, 3.8) is 0 Å². The monoisotopic (exact) mass is 328 g/mol. The van der Waals surface area contributed by atoms with Crippen molar-refractivity contribution in [2.24, 2.45) is 5.10 Å². The Morgan fingerprint density at radius 1 is 1.04 bits per heavy atom. The van der Waals surface area contributed by atoms with Gasteiger partial charge in [-0.1, -0.05) is 24.3 Å². The van der Waals surface area contributed by atoms with Crippen molar-refractivity contribution in [2.45, 2.75) is 6.92 Å². The number of hydrazone groups is 1. The number of nitrogens with zero attached hydrogens (tertiary/aromatic N) is 1. The van der Waals surface area contributed by atoms with Gasteiger partial charge in [0.15, 0.2) is 11.5 Å². The summed E-state index contributed by atoms with van der Waals surface area (Å²) < 4.78 is 15.7. The van der Waals surface area contributed by atoms with Crippen molar-refractivity contribution in [1.29, 1.82) is 0 Å². The number of nitrogens with one attached hydrogen (secondary N) is 1. The van der Waals surface area contributed by atoms with Crippen LogP contribution >= 0.6 is 0 Å². The number of carbonyl (C=O) groups is 1.